The second kappa shape index (κ2) is 10.3. The van der Waals surface area contributed by atoms with Crippen LogP contribution in [0.25, 0.3) is 0 Å². The van der Waals surface area contributed by atoms with E-state index in [9.17, 15) is 26.7 Å². The third-order valence-electron chi connectivity index (χ3n) is 9.63. The molecule has 2 aromatic carbocycles. The molecule has 1 aromatic heterocycles. The number of piperidine rings is 1. The van der Waals surface area contributed by atoms with Crippen molar-refractivity contribution in [3.8, 4) is 0 Å². The molecule has 5 heterocycles. The summed E-state index contributed by atoms with van der Waals surface area (Å²) in [6.07, 6.45) is -2.25. The van der Waals surface area contributed by atoms with Crippen molar-refractivity contribution in [3.05, 3.63) is 76.4 Å². The summed E-state index contributed by atoms with van der Waals surface area (Å²) in [7, 11) is 1.85. The van der Waals surface area contributed by atoms with Crippen LogP contribution < -0.4 is 4.90 Å². The summed E-state index contributed by atoms with van der Waals surface area (Å²) in [5.41, 5.74) is -1.36. The van der Waals surface area contributed by atoms with Crippen LogP contribution >= 0.6 is 0 Å². The van der Waals surface area contributed by atoms with E-state index >= 15 is 0 Å². The second-order valence-electron chi connectivity index (χ2n) is 12.5. The molecule has 7 rings (SSSR count). The van der Waals surface area contributed by atoms with Crippen LogP contribution in [-0.2, 0) is 47.6 Å². The first-order chi connectivity index (χ1) is 20.9. The number of carbonyl (C=O) groups is 1. The van der Waals surface area contributed by atoms with Gasteiger partial charge >= 0.3 is 6.18 Å². The van der Waals surface area contributed by atoms with E-state index in [1.807, 2.05) is 23.7 Å². The fraction of sp³-hybridized carbons (Fsp3) is 0.516. The van der Waals surface area contributed by atoms with Crippen molar-refractivity contribution in [3.63, 3.8) is 0 Å². The summed E-state index contributed by atoms with van der Waals surface area (Å²) in [5.74, 6) is -2.76. The molecule has 1 atom stereocenters. The number of aryl methyl sites for hydroxylation is 1. The Morgan fingerprint density at radius 3 is 2.57 bits per heavy atom. The molecule has 4 aliphatic rings. The van der Waals surface area contributed by atoms with Gasteiger partial charge in [0.15, 0.2) is 0 Å². The predicted octanol–water partition coefficient (Wildman–Crippen LogP) is 4.90. The Morgan fingerprint density at radius 1 is 1.09 bits per heavy atom. The van der Waals surface area contributed by atoms with Crippen molar-refractivity contribution in [2.24, 2.45) is 7.05 Å². The minimum absolute atomic E-state index is 0.00484. The van der Waals surface area contributed by atoms with Crippen molar-refractivity contribution in [2.45, 2.75) is 61.9 Å². The number of aromatic nitrogens is 3. The highest BCUT2D eigenvalue weighted by Gasteiger charge is 2.59. The van der Waals surface area contributed by atoms with Gasteiger partial charge < -0.3 is 18.9 Å². The largest absolute Gasteiger partial charge is 0.416 e. The molecule has 3 fully saturated rings. The first-order valence-electron chi connectivity index (χ1n) is 14.7. The maximum absolute atomic E-state index is 14.8. The molecule has 0 saturated carbocycles. The van der Waals surface area contributed by atoms with Crippen molar-refractivity contribution in [1.82, 2.24) is 19.7 Å². The van der Waals surface area contributed by atoms with Crippen LogP contribution in [0.1, 0.15) is 57.7 Å². The summed E-state index contributed by atoms with van der Waals surface area (Å²) in [4.78, 5) is 16.8. The zero-order valence-corrected chi connectivity index (χ0v) is 24.2. The van der Waals surface area contributed by atoms with Crippen LogP contribution in [0.4, 0.5) is 27.6 Å². The SMILES string of the molecule is Cn1cnnc1CC1(c2cccc(N3Cc4c(cc(CN5CCC(F)(F)C6(CCCO6)C5)cc4C(F)(F)F)C3=O)c2)COC1. The average molecular weight is 618 g/mol. The lowest BCUT2D eigenvalue weighted by molar-refractivity contribution is -0.220. The lowest BCUT2D eigenvalue weighted by Crippen LogP contribution is -2.60. The van der Waals surface area contributed by atoms with Crippen molar-refractivity contribution in [2.75, 3.05) is 37.8 Å². The van der Waals surface area contributed by atoms with Gasteiger partial charge in [-0.2, -0.15) is 13.2 Å². The maximum Gasteiger partial charge on any atom is 0.416 e. The Hall–Kier alpha value is -3.42. The number of halogens is 5. The average Bonchev–Trinajstić information content (AvgIpc) is 3.68. The van der Waals surface area contributed by atoms with Crippen LogP contribution in [0.2, 0.25) is 0 Å². The van der Waals surface area contributed by atoms with E-state index in [4.69, 9.17) is 9.47 Å². The number of hydrogen-bond donors (Lipinski definition) is 0. The van der Waals surface area contributed by atoms with Crippen LogP contribution in [0.3, 0.4) is 0 Å². The molecule has 1 spiro atoms. The van der Waals surface area contributed by atoms with E-state index in [0.29, 0.717) is 31.7 Å². The molecule has 1 amide bonds. The van der Waals surface area contributed by atoms with Crippen molar-refractivity contribution < 1.29 is 36.2 Å². The van der Waals surface area contributed by atoms with Crippen LogP contribution in [0.5, 0.6) is 0 Å². The lowest BCUT2D eigenvalue weighted by Gasteiger charge is -2.45. The zero-order chi connectivity index (χ0) is 30.9. The Labute approximate surface area is 250 Å². The number of rotatable bonds is 6. The summed E-state index contributed by atoms with van der Waals surface area (Å²) in [6.45, 7) is 0.827. The highest BCUT2D eigenvalue weighted by Crippen LogP contribution is 2.46. The van der Waals surface area contributed by atoms with Gasteiger partial charge in [-0.1, -0.05) is 12.1 Å². The van der Waals surface area contributed by atoms with Crippen LogP contribution in [0.15, 0.2) is 42.7 Å². The highest BCUT2D eigenvalue weighted by molar-refractivity contribution is 6.10. The standard InChI is InChI=1S/C31H32F5N5O3/c1-39-19-37-38-26(39)13-28(17-43-18-28)21-4-2-5-22(12-21)41-15-24-23(27(41)42)10-20(11-25(24)31(34,35)36)14-40-8-7-30(32,33)29(16-40)6-3-9-44-29/h2,4-5,10-12,19H,3,6-9,13-18H2,1H3. The van der Waals surface area contributed by atoms with Crippen molar-refractivity contribution in [1.29, 1.82) is 0 Å². The minimum atomic E-state index is -4.70. The maximum atomic E-state index is 14.8. The van der Waals surface area contributed by atoms with Gasteiger partial charge in [-0.05, 0) is 53.8 Å². The Kier molecular flexibility index (Phi) is 6.87. The third-order valence-corrected chi connectivity index (χ3v) is 9.63. The number of anilines is 1. The summed E-state index contributed by atoms with van der Waals surface area (Å²) >= 11 is 0. The van der Waals surface area contributed by atoms with Gasteiger partial charge in [0.05, 0.1) is 25.3 Å². The first-order valence-corrected chi connectivity index (χ1v) is 14.7. The molecule has 234 valence electrons. The number of amides is 1. The number of likely N-dealkylation sites (tertiary alicyclic amines) is 1. The van der Waals surface area contributed by atoms with Crippen molar-refractivity contribution >= 4 is 11.6 Å². The number of nitrogens with zero attached hydrogens (tertiary/aromatic N) is 5. The van der Waals surface area contributed by atoms with E-state index < -0.39 is 41.0 Å². The fourth-order valence-electron chi connectivity index (χ4n) is 7.10. The van der Waals surface area contributed by atoms with Gasteiger partial charge in [0.1, 0.15) is 17.8 Å². The molecule has 8 nitrogen and oxygen atoms in total. The van der Waals surface area contributed by atoms with Gasteiger partial charge in [-0.3, -0.25) is 9.69 Å². The number of alkyl halides is 5. The molecule has 1 unspecified atom stereocenters. The minimum Gasteiger partial charge on any atom is -0.379 e. The molecule has 0 N–H and O–H groups in total. The van der Waals surface area contributed by atoms with Crippen LogP contribution in [0, 0.1) is 0 Å². The topological polar surface area (TPSA) is 72.7 Å². The molecule has 4 aliphatic heterocycles. The summed E-state index contributed by atoms with van der Waals surface area (Å²) < 4.78 is 85.7. The predicted molar refractivity (Wildman–Crippen MR) is 148 cm³/mol. The van der Waals surface area contributed by atoms with Gasteiger partial charge in [-0.25, -0.2) is 8.78 Å². The van der Waals surface area contributed by atoms with Gasteiger partial charge in [0.2, 0.25) is 0 Å². The monoisotopic (exact) mass is 617 g/mol. The summed E-state index contributed by atoms with van der Waals surface area (Å²) in [5, 5.41) is 8.15. The molecular formula is C31H32F5N5O3. The number of hydrogen-bond acceptors (Lipinski definition) is 6. The van der Waals surface area contributed by atoms with Gasteiger partial charge in [-0.15, -0.1) is 10.2 Å². The quantitative estimate of drug-likeness (QED) is 0.367. The van der Waals surface area contributed by atoms with Gasteiger partial charge in [0, 0.05) is 62.8 Å². The number of carbonyl (C=O) groups excluding carboxylic acids is 1. The van der Waals surface area contributed by atoms with E-state index in [2.05, 4.69) is 10.2 Å². The molecule has 3 saturated heterocycles. The smallest absolute Gasteiger partial charge is 0.379 e. The molecule has 0 aliphatic carbocycles. The number of ether oxygens (including phenoxy) is 2. The second-order valence-corrected chi connectivity index (χ2v) is 12.5. The molecule has 44 heavy (non-hydrogen) atoms. The molecule has 3 aromatic rings. The highest BCUT2D eigenvalue weighted by atomic mass is 19.4. The molecule has 13 heteroatoms. The molecular weight excluding hydrogens is 585 g/mol. The zero-order valence-electron chi connectivity index (χ0n) is 24.2. The van der Waals surface area contributed by atoms with Crippen LogP contribution in [-0.4, -0.2) is 70.0 Å². The Morgan fingerprint density at radius 2 is 1.91 bits per heavy atom. The normalized spacial score (nSPS) is 24.6. The third kappa shape index (κ3) is 4.80. The first kappa shape index (κ1) is 29.3. The Balaban J connectivity index is 1.17. The molecule has 0 radical (unpaired) electrons. The Bertz CT molecular complexity index is 1600. The van der Waals surface area contributed by atoms with E-state index in [-0.39, 0.29) is 55.9 Å². The number of fused-ring (bicyclic) bond motifs is 1. The fourth-order valence-corrected chi connectivity index (χ4v) is 7.10. The van der Waals surface area contributed by atoms with E-state index in [1.54, 1.807) is 23.4 Å². The number of benzene rings is 2. The molecule has 0 bridgehead atoms. The van der Waals surface area contributed by atoms with Gasteiger partial charge in [0.25, 0.3) is 11.8 Å². The van der Waals surface area contributed by atoms with E-state index in [0.717, 1.165) is 17.5 Å². The lowest BCUT2D eigenvalue weighted by atomic mass is 9.75. The van der Waals surface area contributed by atoms with E-state index in [1.165, 1.54) is 11.0 Å². The summed E-state index contributed by atoms with van der Waals surface area (Å²) in [6, 6.07) is 9.82.